The highest BCUT2D eigenvalue weighted by atomic mass is 19.1. The van der Waals surface area contributed by atoms with Gasteiger partial charge in [0.1, 0.15) is 5.82 Å². The molecule has 6 nitrogen and oxygen atoms in total. The Morgan fingerprint density at radius 2 is 1.58 bits per heavy atom. The molecule has 0 aromatic heterocycles. The van der Waals surface area contributed by atoms with Crippen molar-refractivity contribution in [3.05, 3.63) is 65.0 Å². The molecule has 0 aliphatic carbocycles. The summed E-state index contributed by atoms with van der Waals surface area (Å²) in [7, 11) is 1.76. The van der Waals surface area contributed by atoms with Gasteiger partial charge in [-0.3, -0.25) is 19.4 Å². The van der Waals surface area contributed by atoms with E-state index in [4.69, 9.17) is 0 Å². The Bertz CT molecular complexity index is 908. The van der Waals surface area contributed by atoms with Crippen LogP contribution in [0.15, 0.2) is 42.5 Å². The summed E-state index contributed by atoms with van der Waals surface area (Å²) >= 11 is 0. The zero-order chi connectivity index (χ0) is 22.4. The summed E-state index contributed by atoms with van der Waals surface area (Å²) in [4.78, 5) is 30.9. The van der Waals surface area contributed by atoms with Crippen LogP contribution in [0.2, 0.25) is 0 Å². The third-order valence-corrected chi connectivity index (χ3v) is 5.83. The molecule has 0 bridgehead atoms. The normalized spacial score (nSPS) is 15.0. The van der Waals surface area contributed by atoms with Crippen molar-refractivity contribution >= 4 is 17.5 Å². The van der Waals surface area contributed by atoms with Gasteiger partial charge in [0, 0.05) is 45.5 Å². The van der Waals surface area contributed by atoms with Gasteiger partial charge in [-0.25, -0.2) is 4.39 Å². The fourth-order valence-corrected chi connectivity index (χ4v) is 3.65. The molecule has 1 saturated heterocycles. The molecule has 0 saturated carbocycles. The number of hydrogen-bond donors (Lipinski definition) is 1. The van der Waals surface area contributed by atoms with Crippen LogP contribution in [0, 0.1) is 19.7 Å². The number of rotatable bonds is 7. The van der Waals surface area contributed by atoms with Crippen molar-refractivity contribution < 1.29 is 14.0 Å². The van der Waals surface area contributed by atoms with Crippen LogP contribution in [-0.4, -0.2) is 72.8 Å². The first-order valence-corrected chi connectivity index (χ1v) is 10.6. The molecule has 31 heavy (non-hydrogen) atoms. The maximum Gasteiger partial charge on any atom is 0.238 e. The van der Waals surface area contributed by atoms with Gasteiger partial charge in [0.2, 0.25) is 11.8 Å². The van der Waals surface area contributed by atoms with E-state index in [1.165, 1.54) is 12.1 Å². The molecule has 0 radical (unpaired) electrons. The Hall–Kier alpha value is -2.77. The molecule has 2 aromatic rings. The standard InChI is InChI=1S/C24H31FN4O2/c1-18-5-4-6-22(19(18)2)26-23(30)16-28-11-13-29(14-12-28)17-24(31)27(3)15-20-7-9-21(25)10-8-20/h4-10H,11-17H2,1-3H3,(H,26,30). The largest absolute Gasteiger partial charge is 0.340 e. The highest BCUT2D eigenvalue weighted by Crippen LogP contribution is 2.18. The van der Waals surface area contributed by atoms with E-state index < -0.39 is 0 Å². The topological polar surface area (TPSA) is 55.9 Å². The summed E-state index contributed by atoms with van der Waals surface area (Å²) in [5.74, 6) is -0.263. The number of benzene rings is 2. The molecule has 0 atom stereocenters. The van der Waals surface area contributed by atoms with Gasteiger partial charge in [-0.1, -0.05) is 24.3 Å². The van der Waals surface area contributed by atoms with Gasteiger partial charge in [0.15, 0.2) is 0 Å². The van der Waals surface area contributed by atoms with Crippen molar-refractivity contribution in [3.63, 3.8) is 0 Å². The minimum Gasteiger partial charge on any atom is -0.340 e. The molecular weight excluding hydrogens is 395 g/mol. The summed E-state index contributed by atoms with van der Waals surface area (Å²) < 4.78 is 13.0. The number of nitrogens with zero attached hydrogens (tertiary/aromatic N) is 3. The van der Waals surface area contributed by atoms with Crippen LogP contribution in [0.5, 0.6) is 0 Å². The van der Waals surface area contributed by atoms with Gasteiger partial charge in [0.25, 0.3) is 0 Å². The highest BCUT2D eigenvalue weighted by molar-refractivity contribution is 5.93. The number of carbonyl (C=O) groups is 2. The van der Waals surface area contributed by atoms with Gasteiger partial charge < -0.3 is 10.2 Å². The molecule has 0 spiro atoms. The van der Waals surface area contributed by atoms with Gasteiger partial charge in [0.05, 0.1) is 13.1 Å². The summed E-state index contributed by atoms with van der Waals surface area (Å²) in [5.41, 5.74) is 4.00. The van der Waals surface area contributed by atoms with Crippen LogP contribution in [0.25, 0.3) is 0 Å². The third-order valence-electron chi connectivity index (χ3n) is 5.83. The number of halogens is 1. The van der Waals surface area contributed by atoms with Gasteiger partial charge in [-0.2, -0.15) is 0 Å². The van der Waals surface area contributed by atoms with Crippen LogP contribution in [-0.2, 0) is 16.1 Å². The van der Waals surface area contributed by atoms with E-state index >= 15 is 0 Å². The number of aryl methyl sites for hydroxylation is 1. The minimum atomic E-state index is -0.279. The molecule has 2 aromatic carbocycles. The predicted molar refractivity (Wildman–Crippen MR) is 120 cm³/mol. The molecule has 1 aliphatic heterocycles. The van der Waals surface area contributed by atoms with Gasteiger partial charge in [-0.05, 0) is 48.7 Å². The lowest BCUT2D eigenvalue weighted by molar-refractivity contribution is -0.132. The molecular formula is C24H31FN4O2. The molecule has 1 N–H and O–H groups in total. The summed E-state index contributed by atoms with van der Waals surface area (Å²) in [6.07, 6.45) is 0. The van der Waals surface area contributed by atoms with Crippen LogP contribution in [0.4, 0.5) is 10.1 Å². The van der Waals surface area contributed by atoms with Crippen LogP contribution >= 0.6 is 0 Å². The average molecular weight is 427 g/mol. The van der Waals surface area contributed by atoms with E-state index in [0.29, 0.717) is 19.6 Å². The van der Waals surface area contributed by atoms with Crippen LogP contribution in [0.3, 0.4) is 0 Å². The van der Waals surface area contributed by atoms with E-state index in [1.54, 1.807) is 24.1 Å². The Balaban J connectivity index is 1.40. The molecule has 1 heterocycles. The number of likely N-dealkylation sites (N-methyl/N-ethyl adjacent to an activating group) is 1. The molecule has 7 heteroatoms. The van der Waals surface area contributed by atoms with Crippen LogP contribution < -0.4 is 5.32 Å². The SMILES string of the molecule is Cc1cccc(NC(=O)CN2CCN(CC(=O)N(C)Cc3ccc(F)cc3)CC2)c1C. The van der Waals surface area contributed by atoms with Crippen molar-refractivity contribution in [1.29, 1.82) is 0 Å². The Morgan fingerprint density at radius 1 is 0.968 bits per heavy atom. The van der Waals surface area contributed by atoms with Gasteiger partial charge >= 0.3 is 0 Å². The minimum absolute atomic E-state index is 0.0164. The number of carbonyl (C=O) groups excluding carboxylic acids is 2. The first-order valence-electron chi connectivity index (χ1n) is 10.6. The highest BCUT2D eigenvalue weighted by Gasteiger charge is 2.22. The lowest BCUT2D eigenvalue weighted by Crippen LogP contribution is -2.51. The van der Waals surface area contributed by atoms with Crippen LogP contribution in [0.1, 0.15) is 16.7 Å². The zero-order valence-corrected chi connectivity index (χ0v) is 18.5. The first kappa shape index (κ1) is 22.9. The molecule has 1 fully saturated rings. The number of nitrogens with one attached hydrogen (secondary N) is 1. The molecule has 2 amide bonds. The zero-order valence-electron chi connectivity index (χ0n) is 18.5. The molecule has 166 valence electrons. The quantitative estimate of drug-likeness (QED) is 0.740. The van der Waals surface area contributed by atoms with E-state index in [0.717, 1.165) is 48.6 Å². The molecule has 1 aliphatic rings. The number of anilines is 1. The van der Waals surface area contributed by atoms with Gasteiger partial charge in [-0.15, -0.1) is 0 Å². The monoisotopic (exact) mass is 426 g/mol. The lowest BCUT2D eigenvalue weighted by atomic mass is 10.1. The lowest BCUT2D eigenvalue weighted by Gasteiger charge is -2.34. The Morgan fingerprint density at radius 3 is 2.23 bits per heavy atom. The second-order valence-electron chi connectivity index (χ2n) is 8.22. The number of hydrogen-bond acceptors (Lipinski definition) is 4. The Kier molecular flexibility index (Phi) is 7.76. The second kappa shape index (κ2) is 10.5. The first-order chi connectivity index (χ1) is 14.8. The van der Waals surface area contributed by atoms with E-state index in [-0.39, 0.29) is 17.6 Å². The van der Waals surface area contributed by atoms with E-state index in [1.807, 2.05) is 32.0 Å². The molecule has 0 unspecified atom stereocenters. The molecule has 3 rings (SSSR count). The van der Waals surface area contributed by atoms with Crippen molar-refractivity contribution in [2.75, 3.05) is 51.6 Å². The maximum absolute atomic E-state index is 13.0. The number of amides is 2. The smallest absolute Gasteiger partial charge is 0.238 e. The fourth-order valence-electron chi connectivity index (χ4n) is 3.65. The van der Waals surface area contributed by atoms with E-state index in [9.17, 15) is 14.0 Å². The summed E-state index contributed by atoms with van der Waals surface area (Å²) in [5, 5.41) is 3.00. The Labute approximate surface area is 183 Å². The number of piperazine rings is 1. The summed E-state index contributed by atoms with van der Waals surface area (Å²) in [6.45, 7) is 8.16. The predicted octanol–water partition coefficient (Wildman–Crippen LogP) is 2.66. The average Bonchev–Trinajstić information content (AvgIpc) is 2.74. The summed E-state index contributed by atoms with van der Waals surface area (Å²) in [6, 6.07) is 12.1. The van der Waals surface area contributed by atoms with Crippen molar-refractivity contribution in [3.8, 4) is 0 Å². The third kappa shape index (κ3) is 6.60. The van der Waals surface area contributed by atoms with E-state index in [2.05, 4.69) is 15.1 Å². The fraction of sp³-hybridized carbons (Fsp3) is 0.417. The van der Waals surface area contributed by atoms with Crippen molar-refractivity contribution in [1.82, 2.24) is 14.7 Å². The van der Waals surface area contributed by atoms with Crippen molar-refractivity contribution in [2.45, 2.75) is 20.4 Å². The van der Waals surface area contributed by atoms with Crippen molar-refractivity contribution in [2.24, 2.45) is 0 Å². The maximum atomic E-state index is 13.0. The second-order valence-corrected chi connectivity index (χ2v) is 8.22.